The lowest BCUT2D eigenvalue weighted by Crippen LogP contribution is -2.42. The van der Waals surface area contributed by atoms with Gasteiger partial charge in [0, 0.05) is 38.5 Å². The summed E-state index contributed by atoms with van der Waals surface area (Å²) in [5.74, 6) is 0. The molecule has 0 aliphatic heterocycles. The first-order chi connectivity index (χ1) is 8.20. The van der Waals surface area contributed by atoms with E-state index in [0.29, 0.717) is 12.1 Å². The van der Waals surface area contributed by atoms with Gasteiger partial charge in [0.15, 0.2) is 0 Å². The van der Waals surface area contributed by atoms with Crippen LogP contribution in [0.4, 0.5) is 0 Å². The fraction of sp³-hybridized carbons (Fsp3) is 0.769. The third-order valence-electron chi connectivity index (χ3n) is 3.68. The fourth-order valence-electron chi connectivity index (χ4n) is 2.68. The summed E-state index contributed by atoms with van der Waals surface area (Å²) in [7, 11) is 3.79. The van der Waals surface area contributed by atoms with E-state index < -0.39 is 0 Å². The molecule has 1 heterocycles. The van der Waals surface area contributed by atoms with Crippen molar-refractivity contribution in [3.8, 4) is 0 Å². The van der Waals surface area contributed by atoms with Gasteiger partial charge in [-0.1, -0.05) is 12.8 Å². The Balaban J connectivity index is 1.90. The number of hydrogen-bond donors (Lipinski definition) is 1. The van der Waals surface area contributed by atoms with Gasteiger partial charge in [-0.3, -0.25) is 4.68 Å². The summed E-state index contributed by atoms with van der Waals surface area (Å²) in [4.78, 5) is 0. The van der Waals surface area contributed by atoms with Gasteiger partial charge in [0.25, 0.3) is 0 Å². The van der Waals surface area contributed by atoms with Crippen molar-refractivity contribution >= 4 is 0 Å². The second-order valence-electron chi connectivity index (χ2n) is 4.96. The monoisotopic (exact) mass is 237 g/mol. The van der Waals surface area contributed by atoms with Crippen molar-refractivity contribution in [1.29, 1.82) is 0 Å². The van der Waals surface area contributed by atoms with Crippen LogP contribution in [0.3, 0.4) is 0 Å². The number of nitrogens with one attached hydrogen (secondary N) is 1. The lowest BCUT2D eigenvalue weighted by Gasteiger charge is -2.31. The summed E-state index contributed by atoms with van der Waals surface area (Å²) in [6.45, 7) is 2.95. The molecule has 0 bridgehead atoms. The van der Waals surface area contributed by atoms with E-state index in [4.69, 9.17) is 4.74 Å². The van der Waals surface area contributed by atoms with Crippen molar-refractivity contribution in [2.24, 2.45) is 7.05 Å². The lowest BCUT2D eigenvalue weighted by atomic mass is 9.92. The van der Waals surface area contributed by atoms with Crippen LogP contribution in [0.2, 0.25) is 0 Å². The van der Waals surface area contributed by atoms with Crippen molar-refractivity contribution < 1.29 is 4.74 Å². The molecule has 0 radical (unpaired) electrons. The minimum atomic E-state index is 0.376. The number of hydrogen-bond acceptors (Lipinski definition) is 3. The highest BCUT2D eigenvalue weighted by Crippen LogP contribution is 2.21. The van der Waals surface area contributed by atoms with Crippen molar-refractivity contribution in [2.45, 2.75) is 51.3 Å². The normalized spacial score (nSPS) is 25.1. The Morgan fingerprint density at radius 2 is 2.24 bits per heavy atom. The largest absolute Gasteiger partial charge is 0.380 e. The molecule has 96 valence electrons. The number of aryl methyl sites for hydroxylation is 2. The number of ether oxygens (including phenoxy) is 1. The van der Waals surface area contributed by atoms with Gasteiger partial charge in [-0.25, -0.2) is 0 Å². The molecule has 2 atom stereocenters. The standard InChI is InChI=1S/C13H23N3O/c1-10-11(9-16(2)15-10)8-14-12-6-4-5-7-13(12)17-3/h9,12-14H,4-8H2,1-3H3. The van der Waals surface area contributed by atoms with E-state index in [-0.39, 0.29) is 0 Å². The molecule has 4 nitrogen and oxygen atoms in total. The molecule has 2 unspecified atom stereocenters. The summed E-state index contributed by atoms with van der Waals surface area (Å²) in [5.41, 5.74) is 2.40. The van der Waals surface area contributed by atoms with E-state index in [1.54, 1.807) is 0 Å². The van der Waals surface area contributed by atoms with Gasteiger partial charge in [-0.15, -0.1) is 0 Å². The molecule has 1 fully saturated rings. The first kappa shape index (κ1) is 12.6. The van der Waals surface area contributed by atoms with Gasteiger partial charge in [-0.2, -0.15) is 5.10 Å². The topological polar surface area (TPSA) is 39.1 Å². The Hall–Kier alpha value is -0.870. The van der Waals surface area contributed by atoms with E-state index >= 15 is 0 Å². The Labute approximate surface area is 103 Å². The zero-order valence-corrected chi connectivity index (χ0v) is 11.1. The molecular weight excluding hydrogens is 214 g/mol. The van der Waals surface area contributed by atoms with Crippen LogP contribution in [-0.2, 0) is 18.3 Å². The highest BCUT2D eigenvalue weighted by atomic mass is 16.5. The second kappa shape index (κ2) is 5.65. The first-order valence-electron chi connectivity index (χ1n) is 6.46. The van der Waals surface area contributed by atoms with Gasteiger partial charge in [0.2, 0.25) is 0 Å². The molecule has 1 aromatic heterocycles. The van der Waals surface area contributed by atoms with Gasteiger partial charge < -0.3 is 10.1 Å². The molecular formula is C13H23N3O. The van der Waals surface area contributed by atoms with Gasteiger partial charge in [-0.05, 0) is 19.8 Å². The summed E-state index contributed by atoms with van der Waals surface area (Å²) in [6, 6.07) is 0.494. The Morgan fingerprint density at radius 3 is 2.88 bits per heavy atom. The molecule has 1 N–H and O–H groups in total. The first-order valence-corrected chi connectivity index (χ1v) is 6.46. The molecule has 1 aliphatic carbocycles. The van der Waals surface area contributed by atoms with Gasteiger partial charge in [0.05, 0.1) is 11.8 Å². The van der Waals surface area contributed by atoms with Gasteiger partial charge >= 0.3 is 0 Å². The van der Waals surface area contributed by atoms with Crippen LogP contribution < -0.4 is 5.32 Å². The molecule has 0 amide bonds. The minimum absolute atomic E-state index is 0.376. The van der Waals surface area contributed by atoms with Crippen LogP contribution in [0, 0.1) is 6.92 Å². The predicted octanol–water partition coefficient (Wildman–Crippen LogP) is 1.78. The van der Waals surface area contributed by atoms with E-state index in [9.17, 15) is 0 Å². The van der Waals surface area contributed by atoms with Gasteiger partial charge in [0.1, 0.15) is 0 Å². The van der Waals surface area contributed by atoms with Crippen LogP contribution >= 0.6 is 0 Å². The van der Waals surface area contributed by atoms with E-state index in [1.807, 2.05) is 18.8 Å². The Morgan fingerprint density at radius 1 is 1.47 bits per heavy atom. The Kier molecular flexibility index (Phi) is 4.18. The maximum atomic E-state index is 5.54. The minimum Gasteiger partial charge on any atom is -0.380 e. The highest BCUT2D eigenvalue weighted by Gasteiger charge is 2.24. The molecule has 4 heteroatoms. The van der Waals surface area contributed by atoms with Crippen molar-refractivity contribution in [1.82, 2.24) is 15.1 Å². The summed E-state index contributed by atoms with van der Waals surface area (Å²) >= 11 is 0. The number of nitrogens with zero attached hydrogens (tertiary/aromatic N) is 2. The lowest BCUT2D eigenvalue weighted by molar-refractivity contribution is 0.0413. The molecule has 0 saturated heterocycles. The third-order valence-corrected chi connectivity index (χ3v) is 3.68. The molecule has 0 aromatic carbocycles. The van der Waals surface area contributed by atoms with Crippen LogP contribution in [0.1, 0.15) is 36.9 Å². The second-order valence-corrected chi connectivity index (χ2v) is 4.96. The zero-order chi connectivity index (χ0) is 12.3. The molecule has 1 aromatic rings. The van der Waals surface area contributed by atoms with Crippen LogP contribution in [0.15, 0.2) is 6.20 Å². The van der Waals surface area contributed by atoms with Crippen molar-refractivity contribution in [3.63, 3.8) is 0 Å². The number of aromatic nitrogens is 2. The highest BCUT2D eigenvalue weighted by molar-refractivity contribution is 5.15. The van der Waals surface area contributed by atoms with E-state index in [0.717, 1.165) is 12.2 Å². The number of rotatable bonds is 4. The summed E-state index contributed by atoms with van der Waals surface area (Å²) in [6.07, 6.45) is 7.47. The molecule has 17 heavy (non-hydrogen) atoms. The molecule has 0 spiro atoms. The smallest absolute Gasteiger partial charge is 0.0724 e. The van der Waals surface area contributed by atoms with Crippen LogP contribution in [0.5, 0.6) is 0 Å². The van der Waals surface area contributed by atoms with E-state index in [1.165, 1.54) is 31.2 Å². The van der Waals surface area contributed by atoms with E-state index in [2.05, 4.69) is 23.5 Å². The molecule has 2 rings (SSSR count). The Bertz CT molecular complexity index is 362. The average molecular weight is 237 g/mol. The molecule has 1 saturated carbocycles. The third kappa shape index (κ3) is 3.07. The van der Waals surface area contributed by atoms with Crippen molar-refractivity contribution in [3.05, 3.63) is 17.5 Å². The zero-order valence-electron chi connectivity index (χ0n) is 11.1. The van der Waals surface area contributed by atoms with Crippen molar-refractivity contribution in [2.75, 3.05) is 7.11 Å². The fourth-order valence-corrected chi connectivity index (χ4v) is 2.68. The average Bonchev–Trinajstić information content (AvgIpc) is 2.65. The summed E-state index contributed by atoms with van der Waals surface area (Å²) < 4.78 is 7.42. The maximum absolute atomic E-state index is 5.54. The SMILES string of the molecule is COC1CCCCC1NCc1cn(C)nc1C. The predicted molar refractivity (Wildman–Crippen MR) is 67.8 cm³/mol. The van der Waals surface area contributed by atoms with Crippen LogP contribution in [-0.4, -0.2) is 29.0 Å². The maximum Gasteiger partial charge on any atom is 0.0724 e. The summed E-state index contributed by atoms with van der Waals surface area (Å²) in [5, 5.41) is 7.97. The number of methoxy groups -OCH3 is 1. The quantitative estimate of drug-likeness (QED) is 0.867. The van der Waals surface area contributed by atoms with Crippen LogP contribution in [0.25, 0.3) is 0 Å². The molecule has 1 aliphatic rings.